The van der Waals surface area contributed by atoms with E-state index < -0.39 is 11.7 Å². The van der Waals surface area contributed by atoms with Gasteiger partial charge in [-0.3, -0.25) is 0 Å². The van der Waals surface area contributed by atoms with Crippen molar-refractivity contribution in [2.75, 3.05) is 0 Å². The summed E-state index contributed by atoms with van der Waals surface area (Å²) in [5, 5.41) is 4.73. The second kappa shape index (κ2) is 6.20. The molecule has 0 aliphatic heterocycles. The lowest BCUT2D eigenvalue weighted by Crippen LogP contribution is -2.01. The molecular formula is C17H11BrF3NO. The number of nitrogens with zero attached hydrogens (tertiary/aromatic N) is 1. The van der Waals surface area contributed by atoms with E-state index in [-0.39, 0.29) is 0 Å². The molecule has 0 atom stereocenters. The summed E-state index contributed by atoms with van der Waals surface area (Å²) < 4.78 is 40.2. The van der Waals surface area contributed by atoms with E-state index in [2.05, 4.69) is 27.2 Å². The smallest absolute Gasteiger partial charge is 0.364 e. The maximum atomic E-state index is 11.8. The summed E-state index contributed by atoms with van der Waals surface area (Å²) in [6, 6.07) is 14.0. The van der Waals surface area contributed by atoms with Gasteiger partial charge in [0.05, 0.1) is 5.56 Å². The molecule has 2 aliphatic carbocycles. The summed E-state index contributed by atoms with van der Waals surface area (Å²) in [4.78, 5) is 0. The van der Waals surface area contributed by atoms with Crippen molar-refractivity contribution in [1.29, 1.82) is 0 Å². The summed E-state index contributed by atoms with van der Waals surface area (Å²) in [6.07, 6.45) is -2.58. The highest BCUT2D eigenvalue weighted by Crippen LogP contribution is 2.42. The molecule has 23 heavy (non-hydrogen) atoms. The normalized spacial score (nSPS) is 11.7. The predicted molar refractivity (Wildman–Crippen MR) is 85.0 cm³/mol. The fourth-order valence-electron chi connectivity index (χ4n) is 2.16. The molecule has 1 aromatic heterocycles. The zero-order valence-electron chi connectivity index (χ0n) is 11.8. The molecule has 0 radical (unpaired) electrons. The maximum Gasteiger partial charge on any atom is 0.416 e. The molecule has 0 unspecified atom stereocenters. The van der Waals surface area contributed by atoms with E-state index in [1.54, 1.807) is 12.3 Å². The summed E-state index contributed by atoms with van der Waals surface area (Å²) in [7, 11) is 0. The Morgan fingerprint density at radius 1 is 1.00 bits per heavy atom. The molecule has 118 valence electrons. The Labute approximate surface area is 139 Å². The number of rotatable bonds is 2. The molecular weight excluding hydrogens is 371 g/mol. The van der Waals surface area contributed by atoms with Crippen molar-refractivity contribution in [1.82, 2.24) is 5.16 Å². The van der Waals surface area contributed by atoms with E-state index in [1.807, 2.05) is 24.3 Å². The minimum absolute atomic E-state index is 0.528. The summed E-state index contributed by atoms with van der Waals surface area (Å²) in [5.74, 6) is 0. The Kier molecular flexibility index (Phi) is 4.26. The first-order valence-corrected chi connectivity index (χ1v) is 7.88. The van der Waals surface area contributed by atoms with Gasteiger partial charge in [-0.1, -0.05) is 45.4 Å². The van der Waals surface area contributed by atoms with E-state index in [4.69, 9.17) is 4.52 Å². The van der Waals surface area contributed by atoms with Crippen LogP contribution in [-0.2, 0) is 11.5 Å². The van der Waals surface area contributed by atoms with Crippen LogP contribution in [0.1, 0.15) is 11.1 Å². The van der Waals surface area contributed by atoms with Gasteiger partial charge in [-0.25, -0.2) is 0 Å². The zero-order chi connectivity index (χ0) is 16.4. The molecule has 2 aromatic rings. The summed E-state index contributed by atoms with van der Waals surface area (Å²) in [6.45, 7) is 0. The summed E-state index contributed by atoms with van der Waals surface area (Å²) >= 11 is 3.44. The van der Waals surface area contributed by atoms with Gasteiger partial charge in [0.1, 0.15) is 12.0 Å². The number of halogens is 4. The first-order chi connectivity index (χ1) is 11.0. The van der Waals surface area contributed by atoms with Gasteiger partial charge in [0.15, 0.2) is 0 Å². The van der Waals surface area contributed by atoms with Gasteiger partial charge >= 0.3 is 6.18 Å². The van der Waals surface area contributed by atoms with Crippen molar-refractivity contribution in [2.45, 2.75) is 11.5 Å². The van der Waals surface area contributed by atoms with Crippen LogP contribution in [0.5, 0.6) is 0 Å². The van der Waals surface area contributed by atoms with Gasteiger partial charge in [-0.2, -0.15) is 13.2 Å². The molecule has 0 saturated carbocycles. The van der Waals surface area contributed by atoms with Crippen molar-refractivity contribution in [3.8, 4) is 22.4 Å². The van der Waals surface area contributed by atoms with E-state index >= 15 is 0 Å². The van der Waals surface area contributed by atoms with Crippen molar-refractivity contribution < 1.29 is 17.7 Å². The third-order valence-electron chi connectivity index (χ3n) is 3.39. The number of hydrogen-bond acceptors (Lipinski definition) is 2. The van der Waals surface area contributed by atoms with Crippen LogP contribution in [0.2, 0.25) is 0 Å². The average Bonchev–Trinajstić information content (AvgIpc) is 2.97. The minimum Gasteiger partial charge on any atom is -0.364 e. The van der Waals surface area contributed by atoms with Crippen LogP contribution in [0.15, 0.2) is 59.3 Å². The van der Waals surface area contributed by atoms with Crippen LogP contribution in [0, 0.1) is 0 Å². The Morgan fingerprint density at radius 2 is 1.70 bits per heavy atom. The lowest BCUT2D eigenvalue weighted by atomic mass is 10.1. The van der Waals surface area contributed by atoms with Gasteiger partial charge in [-0.15, -0.1) is 0 Å². The molecule has 0 spiro atoms. The molecule has 0 fully saturated rings. The number of aromatic nitrogens is 1. The topological polar surface area (TPSA) is 26.0 Å². The Morgan fingerprint density at radius 3 is 2.22 bits per heavy atom. The third kappa shape index (κ3) is 3.64. The number of hydrogen-bond donors (Lipinski definition) is 0. The molecule has 2 nitrogen and oxygen atoms in total. The Hall–Kier alpha value is -2.08. The molecule has 0 amide bonds. The van der Waals surface area contributed by atoms with Crippen LogP contribution in [0.25, 0.3) is 22.4 Å². The SMILES string of the molecule is BrCc1ccccc1-c1ccon1.FC(F)(F)c1cc2cc-2c1. The molecule has 0 saturated heterocycles. The zero-order valence-corrected chi connectivity index (χ0v) is 13.4. The fourth-order valence-corrected chi connectivity index (χ4v) is 2.65. The molecule has 2 aliphatic rings. The lowest BCUT2D eigenvalue weighted by molar-refractivity contribution is -0.137. The van der Waals surface area contributed by atoms with Gasteiger partial charge in [0.2, 0.25) is 0 Å². The fraction of sp³-hybridized carbons (Fsp3) is 0.118. The van der Waals surface area contributed by atoms with E-state index in [1.165, 1.54) is 5.56 Å². The third-order valence-corrected chi connectivity index (χ3v) is 3.99. The molecule has 4 rings (SSSR count). The van der Waals surface area contributed by atoms with Crippen molar-refractivity contribution in [3.05, 3.63) is 65.9 Å². The minimum atomic E-state index is -4.17. The molecule has 1 heterocycles. The highest BCUT2D eigenvalue weighted by atomic mass is 79.9. The van der Waals surface area contributed by atoms with E-state index in [0.29, 0.717) is 0 Å². The van der Waals surface area contributed by atoms with Gasteiger partial charge in [0.25, 0.3) is 0 Å². The van der Waals surface area contributed by atoms with Crippen LogP contribution < -0.4 is 0 Å². The highest BCUT2D eigenvalue weighted by molar-refractivity contribution is 9.08. The first-order valence-electron chi connectivity index (χ1n) is 6.76. The maximum absolute atomic E-state index is 11.8. The quantitative estimate of drug-likeness (QED) is 0.402. The second-order valence-corrected chi connectivity index (χ2v) is 5.53. The average molecular weight is 382 g/mol. The first kappa shape index (κ1) is 15.8. The lowest BCUT2D eigenvalue weighted by Gasteiger charge is -2.01. The molecule has 1 aromatic carbocycles. The van der Waals surface area contributed by atoms with E-state index in [9.17, 15) is 13.2 Å². The van der Waals surface area contributed by atoms with E-state index in [0.717, 1.165) is 39.8 Å². The monoisotopic (exact) mass is 381 g/mol. The Bertz CT molecular complexity index is 793. The van der Waals surface area contributed by atoms with Crippen molar-refractivity contribution in [3.63, 3.8) is 0 Å². The molecule has 0 bridgehead atoms. The standard InChI is InChI=1S/C10H8BrNO.C7H3F3/c11-7-8-3-1-2-4-9(8)10-5-6-13-12-10;8-7(9,10)6-2-4-1-5(4)3-6/h1-6H,7H2;1-3H. The van der Waals surface area contributed by atoms with Crippen molar-refractivity contribution in [2.24, 2.45) is 0 Å². The van der Waals surface area contributed by atoms with Gasteiger partial charge < -0.3 is 4.52 Å². The summed E-state index contributed by atoms with van der Waals surface area (Å²) in [5.41, 5.74) is 4.15. The Balaban J connectivity index is 0.000000140. The van der Waals surface area contributed by atoms with Crippen molar-refractivity contribution >= 4 is 15.9 Å². The van der Waals surface area contributed by atoms with Crippen LogP contribution in [-0.4, -0.2) is 5.16 Å². The largest absolute Gasteiger partial charge is 0.416 e. The highest BCUT2D eigenvalue weighted by Gasteiger charge is 2.34. The molecule has 0 N–H and O–H groups in total. The predicted octanol–water partition coefficient (Wildman–Crippen LogP) is 5.92. The van der Waals surface area contributed by atoms with Crippen LogP contribution in [0.4, 0.5) is 13.2 Å². The molecule has 6 heteroatoms. The number of alkyl halides is 4. The number of benzene rings is 2. The number of fused-ring (bicyclic) bond motifs is 1. The van der Waals surface area contributed by atoms with Gasteiger partial charge in [-0.05, 0) is 34.9 Å². The second-order valence-electron chi connectivity index (χ2n) is 4.97. The van der Waals surface area contributed by atoms with Gasteiger partial charge in [0, 0.05) is 17.0 Å². The van der Waals surface area contributed by atoms with Crippen LogP contribution in [0.3, 0.4) is 0 Å². The van der Waals surface area contributed by atoms with Crippen LogP contribution >= 0.6 is 15.9 Å².